The molecular formula is C22H23FN6O4. The molecule has 4 N–H and O–H groups in total. The molecule has 3 aromatic rings. The van der Waals surface area contributed by atoms with E-state index in [1.165, 1.54) is 24.3 Å². The Morgan fingerprint density at radius 1 is 1.12 bits per heavy atom. The van der Waals surface area contributed by atoms with E-state index in [1.807, 2.05) is 6.07 Å². The summed E-state index contributed by atoms with van der Waals surface area (Å²) in [6.07, 6.45) is 3.00. The minimum Gasteiger partial charge on any atom is -0.399 e. The first-order valence-electron chi connectivity index (χ1n) is 10.7. The number of benzene rings is 1. The normalized spacial score (nSPS) is 19.0. The summed E-state index contributed by atoms with van der Waals surface area (Å²) in [4.78, 5) is 19.0. The second-order valence-corrected chi connectivity index (χ2v) is 8.48. The first-order chi connectivity index (χ1) is 15.9. The number of carbonyl (C=O) groups excluding carboxylic acids is 1. The summed E-state index contributed by atoms with van der Waals surface area (Å²) in [5.74, 6) is -0.385. The van der Waals surface area contributed by atoms with E-state index in [2.05, 4.69) is 30.7 Å². The molecule has 1 saturated heterocycles. The van der Waals surface area contributed by atoms with Crippen LogP contribution < -0.4 is 15.5 Å². The maximum atomic E-state index is 13.0. The van der Waals surface area contributed by atoms with Gasteiger partial charge in [0.1, 0.15) is 11.6 Å². The van der Waals surface area contributed by atoms with Crippen molar-refractivity contribution in [1.82, 2.24) is 15.2 Å². The van der Waals surface area contributed by atoms with Gasteiger partial charge in [-0.05, 0) is 61.1 Å². The zero-order valence-corrected chi connectivity index (χ0v) is 17.6. The molecule has 1 aliphatic carbocycles. The van der Waals surface area contributed by atoms with Gasteiger partial charge in [0, 0.05) is 24.7 Å². The van der Waals surface area contributed by atoms with Crippen LogP contribution in [0.4, 0.5) is 27.6 Å². The fraction of sp³-hybridized carbons (Fsp3) is 0.364. The Hall–Kier alpha value is -3.57. The topological polar surface area (TPSA) is 137 Å². The minimum absolute atomic E-state index is 0.00900. The van der Waals surface area contributed by atoms with Crippen molar-refractivity contribution in [1.29, 1.82) is 0 Å². The number of anilines is 4. The fourth-order valence-corrected chi connectivity index (χ4v) is 4.41. The lowest BCUT2D eigenvalue weighted by atomic mass is 9.90. The van der Waals surface area contributed by atoms with E-state index in [0.717, 1.165) is 38.2 Å². The number of rotatable bonds is 6. The molecule has 0 bridgehead atoms. The monoisotopic (exact) mass is 454 g/mol. The van der Waals surface area contributed by atoms with Crippen molar-refractivity contribution in [2.45, 2.75) is 25.6 Å². The van der Waals surface area contributed by atoms with Crippen LogP contribution in [0.25, 0.3) is 0 Å². The summed E-state index contributed by atoms with van der Waals surface area (Å²) >= 11 is 0. The Morgan fingerprint density at radius 2 is 1.85 bits per heavy atom. The standard InChI is InChI=1S/C22H23FN6O4/c23-13-1-3-14(4-2-13)26-21-28-27-19(33-21)18(30)25-15-5-6-17(24-12-15)29-9-7-22(8-10-29)11-16(22)20(31)32/h1-6,12,16,20,31-32H,7-11H2,(H,25,30)(H,26,28). The van der Waals surface area contributed by atoms with Crippen molar-refractivity contribution in [2.24, 2.45) is 11.3 Å². The molecule has 1 aliphatic heterocycles. The van der Waals surface area contributed by atoms with Crippen LogP contribution in [0.1, 0.15) is 29.9 Å². The largest absolute Gasteiger partial charge is 0.399 e. The van der Waals surface area contributed by atoms with Crippen LogP contribution in [0.2, 0.25) is 0 Å². The zero-order chi connectivity index (χ0) is 23.0. The van der Waals surface area contributed by atoms with Crippen molar-refractivity contribution < 1.29 is 23.8 Å². The zero-order valence-electron chi connectivity index (χ0n) is 17.6. The third-order valence-corrected chi connectivity index (χ3v) is 6.42. The molecule has 1 unspecified atom stereocenters. The Bertz CT molecular complexity index is 1130. The van der Waals surface area contributed by atoms with Crippen molar-refractivity contribution >= 4 is 29.1 Å². The van der Waals surface area contributed by atoms with Crippen LogP contribution in [0.5, 0.6) is 0 Å². The highest BCUT2D eigenvalue weighted by Gasteiger charge is 2.57. The van der Waals surface area contributed by atoms with Crippen LogP contribution >= 0.6 is 0 Å². The maximum Gasteiger partial charge on any atom is 0.320 e. The highest BCUT2D eigenvalue weighted by molar-refractivity contribution is 6.00. The van der Waals surface area contributed by atoms with Gasteiger partial charge in [0.05, 0.1) is 11.9 Å². The molecule has 5 rings (SSSR count). The van der Waals surface area contributed by atoms with Crippen molar-refractivity contribution in [2.75, 3.05) is 28.6 Å². The van der Waals surface area contributed by atoms with Gasteiger partial charge >= 0.3 is 17.8 Å². The van der Waals surface area contributed by atoms with Crippen molar-refractivity contribution in [3.63, 3.8) is 0 Å². The first kappa shape index (κ1) is 21.3. The summed E-state index contributed by atoms with van der Waals surface area (Å²) in [7, 11) is 0. The van der Waals surface area contributed by atoms with Crippen LogP contribution in [0.3, 0.4) is 0 Å². The quantitative estimate of drug-likeness (QED) is 0.414. The predicted molar refractivity (Wildman–Crippen MR) is 116 cm³/mol. The Balaban J connectivity index is 1.15. The summed E-state index contributed by atoms with van der Waals surface area (Å²) in [5, 5.41) is 31.8. The number of carbonyl (C=O) groups is 1. The number of nitrogens with zero attached hydrogens (tertiary/aromatic N) is 4. The lowest BCUT2D eigenvalue weighted by Gasteiger charge is -2.34. The van der Waals surface area contributed by atoms with Gasteiger partial charge in [0.2, 0.25) is 0 Å². The number of amides is 1. The summed E-state index contributed by atoms with van der Waals surface area (Å²) in [6.45, 7) is 1.60. The van der Waals surface area contributed by atoms with Crippen molar-refractivity contribution in [3.05, 3.63) is 54.3 Å². The first-order valence-corrected chi connectivity index (χ1v) is 10.7. The van der Waals surface area contributed by atoms with Gasteiger partial charge in [-0.3, -0.25) is 4.79 Å². The lowest BCUT2D eigenvalue weighted by Crippen LogP contribution is -2.36. The molecule has 2 aliphatic rings. The molecule has 1 amide bonds. The number of pyridine rings is 1. The molecule has 1 atom stereocenters. The average molecular weight is 454 g/mol. The van der Waals surface area contributed by atoms with E-state index in [9.17, 15) is 19.4 Å². The molecular weight excluding hydrogens is 431 g/mol. The van der Waals surface area contributed by atoms with Gasteiger partial charge in [-0.2, -0.15) is 0 Å². The highest BCUT2D eigenvalue weighted by Crippen LogP contribution is 2.60. The second kappa shape index (κ2) is 8.41. The molecule has 3 heterocycles. The van der Waals surface area contributed by atoms with Gasteiger partial charge < -0.3 is 30.2 Å². The van der Waals surface area contributed by atoms with Gasteiger partial charge in [0.25, 0.3) is 0 Å². The van der Waals surface area contributed by atoms with E-state index >= 15 is 0 Å². The number of piperidine rings is 1. The molecule has 2 fully saturated rings. The SMILES string of the molecule is O=C(Nc1ccc(N2CCC3(CC2)CC3C(O)O)nc1)c1nnc(Nc2ccc(F)cc2)o1. The van der Waals surface area contributed by atoms with Gasteiger partial charge in [-0.25, -0.2) is 9.37 Å². The molecule has 1 saturated carbocycles. The predicted octanol–water partition coefficient (Wildman–Crippen LogP) is 2.52. The van der Waals surface area contributed by atoms with Crippen LogP contribution in [0.15, 0.2) is 47.0 Å². The molecule has 1 aromatic carbocycles. The number of halogens is 1. The van der Waals surface area contributed by atoms with Gasteiger partial charge in [-0.15, -0.1) is 5.10 Å². The molecule has 2 aromatic heterocycles. The molecule has 11 heteroatoms. The van der Waals surface area contributed by atoms with E-state index in [0.29, 0.717) is 11.4 Å². The van der Waals surface area contributed by atoms with Crippen LogP contribution in [-0.2, 0) is 0 Å². The molecule has 33 heavy (non-hydrogen) atoms. The molecule has 172 valence electrons. The highest BCUT2D eigenvalue weighted by atomic mass is 19.1. The summed E-state index contributed by atoms with van der Waals surface area (Å²) < 4.78 is 18.3. The van der Waals surface area contributed by atoms with Crippen LogP contribution in [0, 0.1) is 17.2 Å². The third kappa shape index (κ3) is 4.50. The van der Waals surface area contributed by atoms with Gasteiger partial charge in [0.15, 0.2) is 6.29 Å². The number of aliphatic hydroxyl groups excluding tert-OH is 1. The Kier molecular flexibility index (Phi) is 5.43. The third-order valence-electron chi connectivity index (χ3n) is 6.42. The molecule has 1 spiro atoms. The smallest absolute Gasteiger partial charge is 0.320 e. The summed E-state index contributed by atoms with van der Waals surface area (Å²) in [6, 6.07) is 9.17. The number of nitrogens with one attached hydrogen (secondary N) is 2. The average Bonchev–Trinajstić information content (AvgIpc) is 3.31. The Morgan fingerprint density at radius 3 is 2.48 bits per heavy atom. The van der Waals surface area contributed by atoms with Crippen LogP contribution in [-0.4, -0.2) is 50.7 Å². The van der Waals surface area contributed by atoms with E-state index < -0.39 is 12.2 Å². The summed E-state index contributed by atoms with van der Waals surface area (Å²) in [5.41, 5.74) is 1.09. The lowest BCUT2D eigenvalue weighted by molar-refractivity contribution is -0.0675. The molecule has 0 radical (unpaired) electrons. The number of hydrogen-bond acceptors (Lipinski definition) is 9. The van der Waals surface area contributed by atoms with Crippen molar-refractivity contribution in [3.8, 4) is 0 Å². The number of hydrogen-bond donors (Lipinski definition) is 4. The number of aromatic nitrogens is 3. The maximum absolute atomic E-state index is 13.0. The number of aliphatic hydroxyl groups is 2. The van der Waals surface area contributed by atoms with Gasteiger partial charge in [-0.1, -0.05) is 5.10 Å². The fourth-order valence-electron chi connectivity index (χ4n) is 4.41. The second-order valence-electron chi connectivity index (χ2n) is 8.48. The Labute approximate surface area is 188 Å². The van der Waals surface area contributed by atoms with E-state index in [4.69, 9.17) is 4.42 Å². The van der Waals surface area contributed by atoms with E-state index in [-0.39, 0.29) is 29.1 Å². The van der Waals surface area contributed by atoms with E-state index in [1.54, 1.807) is 12.3 Å². The molecule has 10 nitrogen and oxygen atoms in total. The minimum atomic E-state index is -1.23.